The number of Topliss-reactive ketones (excluding diaryl/α,β-unsaturated/α-hetero) is 1. The van der Waals surface area contributed by atoms with Crippen molar-refractivity contribution >= 4 is 46.9 Å². The van der Waals surface area contributed by atoms with E-state index in [1.165, 1.54) is 38.0 Å². The number of ketones is 4. The van der Waals surface area contributed by atoms with Crippen LogP contribution in [0.3, 0.4) is 0 Å². The van der Waals surface area contributed by atoms with Gasteiger partial charge in [0, 0.05) is 45.1 Å². The predicted molar refractivity (Wildman–Crippen MR) is 447 cm³/mol. The van der Waals surface area contributed by atoms with Gasteiger partial charge in [0.25, 0.3) is 0 Å². The number of hydrogen-bond donors (Lipinski definition) is 3. The Balaban J connectivity index is 0.000000138. The standard InChI is InChI=1S/2C33H47N3O4.C32H45NO4/c2*1-28(2)11-13-33(27(39)40-8)14-12-32(7)24(20(33)17-28)21(37)15-23-30(5)16-19(26-34-18-35-36-26)25(38)29(3,4)22(30)9-10-31(23,32)6;1-27(2)11-13-32(26(36)37-8)14-12-31(7)24(20(32)17-27)21(34)15-23-29(5)16-19(18-33)25(35)28(3,4)22(29)9-10-30(23,31)6/h15,20,22,24,34H,9-14,16-18H2,1-8H3;15-16,20,22,24-25,38H,9-14,17-18H2,1-8H3;15,20,22,24,35H,9-14,16-17H2,1-8H3/t20-,22?,24-,30-,31+,32+,33-;20-,22?,24-,25?,30-,31+,32+,33-;20-,22?,24-,29-,30+,31+,32-/m000/s1. The van der Waals surface area contributed by atoms with E-state index in [4.69, 9.17) is 14.2 Å². The first-order chi connectivity index (χ1) is 54.2. The molecular formula is C98H139N7O12. The molecule has 0 spiro atoms. The third kappa shape index (κ3) is 11.4. The number of aliphatic hydroxyl groups is 2. The maximum Gasteiger partial charge on any atom is 0.312 e. The summed E-state index contributed by atoms with van der Waals surface area (Å²) in [6.07, 6.45) is 26.8. The number of ether oxygens (including phenoxy) is 3. The lowest BCUT2D eigenvalue weighted by atomic mass is 9.33. The number of nitrogens with zero attached hydrogens (tertiary/aromatic N) is 6. The molecule has 10 saturated carbocycles. The minimum absolute atomic E-state index is 0.0275. The lowest BCUT2D eigenvalue weighted by Crippen LogP contribution is -2.66. The van der Waals surface area contributed by atoms with Crippen molar-refractivity contribution in [2.75, 3.05) is 34.7 Å². The van der Waals surface area contributed by atoms with Crippen molar-refractivity contribution in [2.24, 2.45) is 176 Å². The Labute approximate surface area is 697 Å². The molecule has 117 heavy (non-hydrogen) atoms. The normalized spacial score (nSPS) is 46.4. The van der Waals surface area contributed by atoms with Crippen LogP contribution in [0.1, 0.15) is 293 Å². The number of fused-ring (bicyclic) bond motifs is 21. The predicted octanol–water partition coefficient (Wildman–Crippen LogP) is 20.1. The molecule has 19 heteroatoms. The van der Waals surface area contributed by atoms with Crippen LogP contribution in [0.4, 0.5) is 0 Å². The van der Waals surface area contributed by atoms with Crippen LogP contribution in [-0.2, 0) is 47.8 Å². The Bertz CT molecular complexity index is 4660. The van der Waals surface area contributed by atoms with E-state index in [9.17, 15) is 49.0 Å². The Morgan fingerprint density at radius 1 is 0.487 bits per heavy atom. The number of esters is 3. The zero-order valence-corrected chi connectivity index (χ0v) is 75.4. The molecule has 2 aliphatic heterocycles. The molecule has 0 aromatic rings. The number of hydrogen-bond acceptors (Lipinski definition) is 19. The SMILES string of the molecule is COC(=O)[C@]12CCC(C)(C)C[C@H]1[C@H]1C(=O)C=C3[C@@]4(C)C=C(C5=NCN=N5)C(O)C(C)(C)C4CC[C@@]3(C)[C@]1(C)CC2.COC(=O)[C@]12CCC(C)(C)C[C@H]1[C@H]1C(=O)C=C3[C@@]4(C)CC(=C5N=NCN5)C(=O)C(C)(C)C4CC[C@@]3(C)[C@]1(C)CC2.COC(=O)[C@]12CCC(C)(C)C[C@H]1[C@H]1C(=O)C=C3[C@@]4(C)CC(C#N)=C(O)C(C)(C)C4CC[C@@]3(C)[C@]1(C)CC2. The summed E-state index contributed by atoms with van der Waals surface area (Å²) >= 11 is 0. The molecule has 0 bridgehead atoms. The Kier molecular flexibility index (Phi) is 19.7. The van der Waals surface area contributed by atoms with E-state index in [1.807, 2.05) is 18.2 Å². The van der Waals surface area contributed by atoms with Gasteiger partial charge in [0.05, 0.1) is 55.3 Å². The van der Waals surface area contributed by atoms with E-state index < -0.39 is 44.0 Å². The molecule has 2 heterocycles. The number of nitriles is 1. The zero-order chi connectivity index (χ0) is 85.6. The van der Waals surface area contributed by atoms with Gasteiger partial charge in [-0.1, -0.05) is 168 Å². The summed E-state index contributed by atoms with van der Waals surface area (Å²) in [7, 11) is 4.50. The highest BCUT2D eigenvalue weighted by atomic mass is 16.5. The molecule has 22 atom stereocenters. The van der Waals surface area contributed by atoms with Gasteiger partial charge in [0.2, 0.25) is 0 Å². The van der Waals surface area contributed by atoms with Crippen LogP contribution in [-0.4, -0.2) is 97.9 Å². The van der Waals surface area contributed by atoms with Crippen LogP contribution in [0, 0.1) is 162 Å². The van der Waals surface area contributed by atoms with E-state index in [0.29, 0.717) is 36.7 Å². The quantitative estimate of drug-likeness (QED) is 0.134. The first-order valence-corrected chi connectivity index (χ1v) is 44.8. The van der Waals surface area contributed by atoms with Crippen molar-refractivity contribution in [3.05, 3.63) is 69.3 Å². The second kappa shape index (κ2) is 27.0. The number of nitrogens with one attached hydrogen (secondary N) is 1. The highest BCUT2D eigenvalue weighted by molar-refractivity contribution is 6.03. The summed E-state index contributed by atoms with van der Waals surface area (Å²) in [6.45, 7) is 47.9. The van der Waals surface area contributed by atoms with Gasteiger partial charge < -0.3 is 29.7 Å². The van der Waals surface area contributed by atoms with Gasteiger partial charge in [-0.3, -0.25) is 33.6 Å². The minimum Gasteiger partial charge on any atom is -0.511 e. The fraction of sp³-hybridized carbons (Fsp3) is 0.786. The number of azo groups is 2. The molecule has 4 unspecified atom stereocenters. The Morgan fingerprint density at radius 2 is 0.872 bits per heavy atom. The molecule has 15 aliphatic carbocycles. The molecule has 17 aliphatic rings. The second-order valence-electron chi connectivity index (χ2n) is 47.0. The summed E-state index contributed by atoms with van der Waals surface area (Å²) in [5.41, 5.74) is -0.195. The highest BCUT2D eigenvalue weighted by Gasteiger charge is 2.76. The molecular weight excluding hydrogens is 1470 g/mol. The topological polar surface area (TPSA) is 285 Å². The van der Waals surface area contributed by atoms with Gasteiger partial charge in [-0.05, 0) is 266 Å². The highest BCUT2D eigenvalue weighted by Crippen LogP contribution is 2.80. The number of rotatable bonds is 4. The first kappa shape index (κ1) is 85.4. The van der Waals surface area contributed by atoms with Crippen molar-refractivity contribution in [2.45, 2.75) is 299 Å². The molecule has 0 amide bonds. The monoisotopic (exact) mass is 1610 g/mol. The average molecular weight is 1610 g/mol. The molecule has 0 saturated heterocycles. The summed E-state index contributed by atoms with van der Waals surface area (Å²) in [4.78, 5) is 102. The average Bonchev–Trinajstić information content (AvgIpc) is 0.761. The Morgan fingerprint density at radius 3 is 1.26 bits per heavy atom. The van der Waals surface area contributed by atoms with Crippen molar-refractivity contribution < 1.29 is 58.0 Å². The molecule has 0 aromatic carbocycles. The van der Waals surface area contributed by atoms with E-state index >= 15 is 0 Å². The van der Waals surface area contributed by atoms with Crippen molar-refractivity contribution in [3.8, 4) is 6.07 Å². The Hall–Kier alpha value is -6.55. The number of methoxy groups -OCH3 is 3. The molecule has 19 nitrogen and oxygen atoms in total. The third-order valence-corrected chi connectivity index (χ3v) is 39.3. The summed E-state index contributed by atoms with van der Waals surface area (Å²) in [5, 5.41) is 52.4. The number of allylic oxidation sites excluding steroid dienone is 10. The first-order valence-electron chi connectivity index (χ1n) is 44.8. The number of aliphatic imine (C=N–C) groups is 1. The van der Waals surface area contributed by atoms with Crippen LogP contribution in [0.2, 0.25) is 0 Å². The van der Waals surface area contributed by atoms with Crippen molar-refractivity contribution in [1.82, 2.24) is 5.32 Å². The van der Waals surface area contributed by atoms with Crippen LogP contribution in [0.15, 0.2) is 94.8 Å². The van der Waals surface area contributed by atoms with Gasteiger partial charge >= 0.3 is 17.9 Å². The van der Waals surface area contributed by atoms with Gasteiger partial charge in [-0.15, -0.1) is 10.2 Å². The number of carbonyl (C=O) groups is 7. The van der Waals surface area contributed by atoms with Crippen LogP contribution in [0.5, 0.6) is 0 Å². The maximum atomic E-state index is 14.6. The van der Waals surface area contributed by atoms with Crippen LogP contribution >= 0.6 is 0 Å². The largest absolute Gasteiger partial charge is 0.511 e. The molecule has 10 fully saturated rings. The molecule has 17 rings (SSSR count). The van der Waals surface area contributed by atoms with E-state index in [1.54, 1.807) is 0 Å². The van der Waals surface area contributed by atoms with Gasteiger partial charge in [0.15, 0.2) is 41.5 Å². The van der Waals surface area contributed by atoms with Crippen LogP contribution in [0.25, 0.3) is 0 Å². The van der Waals surface area contributed by atoms with E-state index in [-0.39, 0.29) is 166 Å². The fourth-order valence-corrected chi connectivity index (χ4v) is 32.3. The van der Waals surface area contributed by atoms with Crippen LogP contribution < -0.4 is 5.32 Å². The third-order valence-electron chi connectivity index (χ3n) is 39.3. The lowest BCUT2D eigenvalue weighted by molar-refractivity contribution is -0.193. The van der Waals surface area contributed by atoms with Gasteiger partial charge in [-0.2, -0.15) is 15.5 Å². The zero-order valence-electron chi connectivity index (χ0n) is 75.4. The number of carbonyl (C=O) groups excluding carboxylic acids is 7. The van der Waals surface area contributed by atoms with Crippen molar-refractivity contribution in [1.29, 1.82) is 5.26 Å². The molecule has 0 aromatic heterocycles. The fourth-order valence-electron chi connectivity index (χ4n) is 32.3. The van der Waals surface area contributed by atoms with Gasteiger partial charge in [-0.25, -0.2) is 4.99 Å². The van der Waals surface area contributed by atoms with E-state index in [0.717, 1.165) is 146 Å². The lowest BCUT2D eigenvalue weighted by Gasteiger charge is -2.69. The summed E-state index contributed by atoms with van der Waals surface area (Å²) in [6, 6.07) is 2.29. The van der Waals surface area contributed by atoms with E-state index in [2.05, 4.69) is 188 Å². The van der Waals surface area contributed by atoms with Crippen molar-refractivity contribution in [3.63, 3.8) is 0 Å². The molecule has 638 valence electrons. The number of amidine groups is 1. The minimum atomic E-state index is -0.700. The summed E-state index contributed by atoms with van der Waals surface area (Å²) in [5.74, 6) is 1.32. The summed E-state index contributed by atoms with van der Waals surface area (Å²) < 4.78 is 16.3. The van der Waals surface area contributed by atoms with Gasteiger partial charge in [0.1, 0.15) is 12.4 Å². The smallest absolute Gasteiger partial charge is 0.312 e. The maximum absolute atomic E-state index is 14.6. The molecule has 0 radical (unpaired) electrons. The molecule has 3 N–H and O–H groups in total. The number of aliphatic hydroxyl groups excluding tert-OH is 2. The second-order valence-corrected chi connectivity index (χ2v) is 47.0.